The Hall–Kier alpha value is -1.84. The quantitative estimate of drug-likeness (QED) is 0.847. The fourth-order valence-corrected chi connectivity index (χ4v) is 8.93. The Morgan fingerprint density at radius 1 is 1.00 bits per heavy atom. The summed E-state index contributed by atoms with van der Waals surface area (Å²) < 4.78 is 0. The molecule has 1 unspecified atom stereocenters. The Bertz CT molecular complexity index is 688. The first-order valence-corrected chi connectivity index (χ1v) is 11.0. The molecule has 2 aromatic carbocycles. The van der Waals surface area contributed by atoms with Gasteiger partial charge in [0, 0.05) is 17.8 Å². The second-order valence-corrected chi connectivity index (χ2v) is 11.2. The van der Waals surface area contributed by atoms with Crippen LogP contribution in [0.1, 0.15) is 12.8 Å². The van der Waals surface area contributed by atoms with Gasteiger partial charge in [0.25, 0.3) is 0 Å². The summed E-state index contributed by atoms with van der Waals surface area (Å²) in [6.07, 6.45) is 4.09. The van der Waals surface area contributed by atoms with E-state index in [1.807, 2.05) is 0 Å². The van der Waals surface area contributed by atoms with Crippen molar-refractivity contribution in [3.05, 3.63) is 72.4 Å². The summed E-state index contributed by atoms with van der Waals surface area (Å²) in [5.74, 6) is 0. The van der Waals surface area contributed by atoms with Crippen molar-refractivity contribution < 1.29 is 5.11 Å². The van der Waals surface area contributed by atoms with E-state index in [0.717, 1.165) is 25.1 Å². The van der Waals surface area contributed by atoms with Gasteiger partial charge in [0.05, 0.1) is 0 Å². The van der Waals surface area contributed by atoms with Crippen LogP contribution in [0, 0.1) is 0 Å². The number of benzene rings is 2. The van der Waals surface area contributed by atoms with E-state index in [-0.39, 0.29) is 0 Å². The first kappa shape index (κ1) is 14.7. The summed E-state index contributed by atoms with van der Waals surface area (Å²) in [4.78, 5) is 0. The highest BCUT2D eigenvalue weighted by Gasteiger charge is 2.65. The first-order valence-electron chi connectivity index (χ1n) is 8.43. The van der Waals surface area contributed by atoms with Crippen LogP contribution in [-0.4, -0.2) is 25.3 Å². The fraction of sp³-hybridized carbons (Fsp3) is 0.300. The van der Waals surface area contributed by atoms with Crippen LogP contribution in [0.4, 0.5) is 0 Å². The molecule has 3 heteroatoms. The van der Waals surface area contributed by atoms with Crippen molar-refractivity contribution in [1.82, 2.24) is 5.32 Å². The zero-order chi connectivity index (χ0) is 15.9. The van der Waals surface area contributed by atoms with E-state index in [2.05, 4.69) is 78.6 Å². The van der Waals surface area contributed by atoms with E-state index in [1.54, 1.807) is 0 Å². The zero-order valence-corrected chi connectivity index (χ0v) is 14.5. The smallest absolute Gasteiger partial charge is 0.121 e. The van der Waals surface area contributed by atoms with Crippen LogP contribution < -0.4 is 15.7 Å². The van der Waals surface area contributed by atoms with Gasteiger partial charge in [-0.15, -0.1) is 0 Å². The van der Waals surface area contributed by atoms with Crippen LogP contribution in [0.15, 0.2) is 72.4 Å². The Morgan fingerprint density at radius 3 is 2.04 bits per heavy atom. The molecule has 0 radical (unpaired) electrons. The van der Waals surface area contributed by atoms with E-state index in [9.17, 15) is 5.11 Å². The van der Waals surface area contributed by atoms with Gasteiger partial charge in [0.2, 0.25) is 0 Å². The minimum atomic E-state index is -2.00. The third-order valence-electron chi connectivity index (χ3n) is 5.65. The summed E-state index contributed by atoms with van der Waals surface area (Å²) in [7, 11) is -2.00. The third-order valence-corrected chi connectivity index (χ3v) is 10.8. The summed E-state index contributed by atoms with van der Waals surface area (Å²) in [5, 5.41) is 17.5. The van der Waals surface area contributed by atoms with Crippen LogP contribution in [0.3, 0.4) is 0 Å². The molecule has 2 N–H and O–H groups in total. The topological polar surface area (TPSA) is 32.3 Å². The van der Waals surface area contributed by atoms with E-state index in [1.165, 1.54) is 10.4 Å². The van der Waals surface area contributed by atoms with Crippen molar-refractivity contribution in [2.45, 2.75) is 30.5 Å². The second-order valence-electron chi connectivity index (χ2n) is 6.95. The van der Waals surface area contributed by atoms with Crippen molar-refractivity contribution in [3.63, 3.8) is 0 Å². The van der Waals surface area contributed by atoms with Crippen LogP contribution in [0.25, 0.3) is 0 Å². The highest BCUT2D eigenvalue weighted by Crippen LogP contribution is 2.58. The van der Waals surface area contributed by atoms with Crippen molar-refractivity contribution in [1.29, 1.82) is 0 Å². The average Bonchev–Trinajstić information content (AvgIpc) is 3.04. The van der Waals surface area contributed by atoms with Gasteiger partial charge in [-0.2, -0.15) is 0 Å². The fourth-order valence-electron chi connectivity index (χ4n) is 4.19. The van der Waals surface area contributed by atoms with Crippen molar-refractivity contribution in [3.8, 4) is 0 Å². The monoisotopic (exact) mass is 321 g/mol. The van der Waals surface area contributed by atoms with Crippen LogP contribution >= 0.6 is 0 Å². The van der Waals surface area contributed by atoms with Gasteiger partial charge in [-0.1, -0.05) is 83.7 Å². The van der Waals surface area contributed by atoms with Crippen molar-refractivity contribution >= 4 is 18.4 Å². The molecule has 0 amide bonds. The zero-order valence-electron chi connectivity index (χ0n) is 13.5. The van der Waals surface area contributed by atoms with Crippen molar-refractivity contribution in [2.24, 2.45) is 0 Å². The van der Waals surface area contributed by atoms with Crippen LogP contribution in [0.2, 0.25) is 12.1 Å². The Balaban J connectivity index is 1.79. The molecule has 0 saturated heterocycles. The minimum Gasteiger partial charge on any atom is -0.386 e. The standard InChI is InChI=1S/C20H23NOSi/c1-23(16-9-4-2-5-10-16,17-11-6-3-7-12-17)19-15-20(19,22)18-13-8-14-21-18/h2-7,9-13,19,21-22H,8,14-15H2,1H3/t19-,20?/m1/s1. The number of aliphatic hydroxyl groups is 1. The lowest BCUT2D eigenvalue weighted by atomic mass is 10.2. The van der Waals surface area contributed by atoms with Gasteiger partial charge in [-0.05, 0) is 12.8 Å². The number of nitrogens with one attached hydrogen (secondary N) is 1. The molecule has 4 rings (SSSR count). The van der Waals surface area contributed by atoms with E-state index in [0.29, 0.717) is 5.54 Å². The van der Waals surface area contributed by atoms with Gasteiger partial charge < -0.3 is 10.4 Å². The molecular formula is C20H23NOSi. The molecule has 2 aliphatic rings. The highest BCUT2D eigenvalue weighted by molar-refractivity contribution is 7.03. The lowest BCUT2D eigenvalue weighted by Gasteiger charge is -2.31. The van der Waals surface area contributed by atoms with Gasteiger partial charge in [0.15, 0.2) is 0 Å². The molecule has 2 aromatic rings. The minimum absolute atomic E-state index is 0.330. The summed E-state index contributed by atoms with van der Waals surface area (Å²) in [5.41, 5.74) is 0.744. The van der Waals surface area contributed by atoms with E-state index in [4.69, 9.17) is 0 Å². The first-order chi connectivity index (χ1) is 11.2. The van der Waals surface area contributed by atoms with Crippen LogP contribution in [0.5, 0.6) is 0 Å². The van der Waals surface area contributed by atoms with Gasteiger partial charge in [-0.25, -0.2) is 0 Å². The number of rotatable bonds is 4. The maximum atomic E-state index is 11.3. The predicted molar refractivity (Wildman–Crippen MR) is 97.8 cm³/mol. The normalized spacial score (nSPS) is 26.5. The lowest BCUT2D eigenvalue weighted by molar-refractivity contribution is 0.181. The largest absolute Gasteiger partial charge is 0.386 e. The molecule has 0 aromatic heterocycles. The Kier molecular flexibility index (Phi) is 3.43. The Labute approximate surface area is 138 Å². The molecule has 1 saturated carbocycles. The molecule has 118 valence electrons. The van der Waals surface area contributed by atoms with E-state index < -0.39 is 13.7 Å². The second kappa shape index (κ2) is 5.36. The molecule has 23 heavy (non-hydrogen) atoms. The molecule has 1 heterocycles. The molecule has 0 bridgehead atoms. The molecule has 1 aliphatic heterocycles. The molecular weight excluding hydrogens is 298 g/mol. The Morgan fingerprint density at radius 2 is 1.57 bits per heavy atom. The molecule has 2 nitrogen and oxygen atoms in total. The summed E-state index contributed by atoms with van der Waals surface area (Å²) in [6, 6.07) is 21.6. The van der Waals surface area contributed by atoms with Gasteiger partial charge in [-0.3, -0.25) is 0 Å². The molecule has 1 fully saturated rings. The van der Waals surface area contributed by atoms with E-state index >= 15 is 0 Å². The number of hydrogen-bond acceptors (Lipinski definition) is 2. The lowest BCUT2D eigenvalue weighted by Crippen LogP contribution is -2.58. The maximum absolute atomic E-state index is 11.3. The van der Waals surface area contributed by atoms with Crippen molar-refractivity contribution in [2.75, 3.05) is 6.54 Å². The highest BCUT2D eigenvalue weighted by atomic mass is 28.3. The molecule has 2 atom stereocenters. The van der Waals surface area contributed by atoms with Gasteiger partial charge in [0.1, 0.15) is 13.7 Å². The average molecular weight is 321 g/mol. The SMILES string of the molecule is C[Si](c1ccccc1)(c1ccccc1)[C@@H]1CC1(O)C1=CCCN1. The van der Waals surface area contributed by atoms with Crippen LogP contribution in [-0.2, 0) is 0 Å². The molecule has 0 spiro atoms. The third kappa shape index (κ3) is 2.27. The maximum Gasteiger partial charge on any atom is 0.121 e. The summed E-state index contributed by atoms with van der Waals surface area (Å²) in [6.45, 7) is 3.37. The predicted octanol–water partition coefficient (Wildman–Crippen LogP) is 2.26. The number of hydrogen-bond donors (Lipinski definition) is 2. The summed E-state index contributed by atoms with van der Waals surface area (Å²) >= 11 is 0. The molecule has 1 aliphatic carbocycles. The van der Waals surface area contributed by atoms with Gasteiger partial charge >= 0.3 is 0 Å².